The molecule has 0 bridgehead atoms. The smallest absolute Gasteiger partial charge is 0.396 e. The molecule has 110 valence electrons. The molecule has 1 aromatic rings. The zero-order valence-corrected chi connectivity index (χ0v) is 12.1. The molecule has 1 aromatic heterocycles. The quantitative estimate of drug-likeness (QED) is 0.626. The molecular formula is C12H17N3O4S. The molecule has 0 aromatic carbocycles. The Morgan fingerprint density at radius 3 is 2.85 bits per heavy atom. The standard InChI is InChI=1S/C12H17N3O4S/c1-2-18-11(17)10-14-15-12(19-10)20-7-9(16)13-8-5-3-4-6-8/h8H,2-7H2,1H3,(H,13,16). The summed E-state index contributed by atoms with van der Waals surface area (Å²) in [5.74, 6) is -0.702. The largest absolute Gasteiger partial charge is 0.459 e. The maximum atomic E-state index is 11.7. The number of rotatable bonds is 6. The third-order valence-corrected chi connectivity index (χ3v) is 3.72. The molecular weight excluding hydrogens is 282 g/mol. The van der Waals surface area contributed by atoms with Crippen molar-refractivity contribution in [2.45, 2.75) is 43.9 Å². The highest BCUT2D eigenvalue weighted by Crippen LogP contribution is 2.19. The van der Waals surface area contributed by atoms with Gasteiger partial charge in [-0.3, -0.25) is 4.79 Å². The summed E-state index contributed by atoms with van der Waals surface area (Å²) in [6, 6.07) is 0.292. The molecule has 0 atom stereocenters. The predicted molar refractivity (Wildman–Crippen MR) is 71.4 cm³/mol. The predicted octanol–water partition coefficient (Wildman–Crippen LogP) is 1.40. The maximum Gasteiger partial charge on any atom is 0.396 e. The Labute approximate surface area is 120 Å². The van der Waals surface area contributed by atoms with Crippen LogP contribution < -0.4 is 5.32 Å². The lowest BCUT2D eigenvalue weighted by atomic mass is 10.2. The van der Waals surface area contributed by atoms with Gasteiger partial charge in [0.25, 0.3) is 5.22 Å². The van der Waals surface area contributed by atoms with E-state index in [2.05, 4.69) is 15.5 Å². The van der Waals surface area contributed by atoms with Crippen LogP contribution in [0, 0.1) is 0 Å². The molecule has 7 nitrogen and oxygen atoms in total. The van der Waals surface area contributed by atoms with Crippen molar-refractivity contribution in [3.05, 3.63) is 5.89 Å². The number of aromatic nitrogens is 2. The number of hydrogen-bond donors (Lipinski definition) is 1. The number of nitrogens with zero attached hydrogens (tertiary/aromatic N) is 2. The first-order chi connectivity index (χ1) is 9.69. The van der Waals surface area contributed by atoms with Crippen molar-refractivity contribution in [1.29, 1.82) is 0 Å². The minimum Gasteiger partial charge on any atom is -0.459 e. The summed E-state index contributed by atoms with van der Waals surface area (Å²) in [5, 5.41) is 10.4. The minimum atomic E-state index is -0.651. The van der Waals surface area contributed by atoms with Gasteiger partial charge in [-0.2, -0.15) is 0 Å². The fourth-order valence-electron chi connectivity index (χ4n) is 2.01. The van der Waals surface area contributed by atoms with Gasteiger partial charge in [-0.05, 0) is 19.8 Å². The van der Waals surface area contributed by atoms with Crippen LogP contribution in [0.1, 0.15) is 43.3 Å². The van der Waals surface area contributed by atoms with Crippen molar-refractivity contribution in [2.24, 2.45) is 0 Å². The van der Waals surface area contributed by atoms with E-state index >= 15 is 0 Å². The van der Waals surface area contributed by atoms with Crippen LogP contribution in [-0.4, -0.2) is 40.5 Å². The number of hydrogen-bond acceptors (Lipinski definition) is 7. The third-order valence-electron chi connectivity index (χ3n) is 2.90. The molecule has 0 saturated heterocycles. The second kappa shape index (κ2) is 7.28. The first-order valence-corrected chi connectivity index (χ1v) is 7.60. The van der Waals surface area contributed by atoms with Gasteiger partial charge >= 0.3 is 11.9 Å². The molecule has 1 aliphatic rings. The fraction of sp³-hybridized carbons (Fsp3) is 0.667. The number of carbonyl (C=O) groups excluding carboxylic acids is 2. The van der Waals surface area contributed by atoms with Crippen LogP contribution >= 0.6 is 11.8 Å². The molecule has 2 rings (SSSR count). The summed E-state index contributed by atoms with van der Waals surface area (Å²) in [4.78, 5) is 23.0. The topological polar surface area (TPSA) is 94.3 Å². The van der Waals surface area contributed by atoms with E-state index in [1.807, 2.05) is 0 Å². The molecule has 1 heterocycles. The van der Waals surface area contributed by atoms with Gasteiger partial charge in [0.05, 0.1) is 12.4 Å². The Morgan fingerprint density at radius 1 is 1.40 bits per heavy atom. The fourth-order valence-corrected chi connectivity index (χ4v) is 2.58. The summed E-state index contributed by atoms with van der Waals surface area (Å²) in [7, 11) is 0. The molecule has 1 saturated carbocycles. The van der Waals surface area contributed by atoms with Crippen LogP contribution in [0.25, 0.3) is 0 Å². The Morgan fingerprint density at radius 2 is 2.15 bits per heavy atom. The Balaban J connectivity index is 1.75. The van der Waals surface area contributed by atoms with Gasteiger partial charge in [-0.1, -0.05) is 29.7 Å². The summed E-state index contributed by atoms with van der Waals surface area (Å²) >= 11 is 1.11. The number of amides is 1. The monoisotopic (exact) mass is 299 g/mol. The minimum absolute atomic E-state index is 0.0576. The SMILES string of the molecule is CCOC(=O)c1nnc(SCC(=O)NC2CCCC2)o1. The zero-order valence-electron chi connectivity index (χ0n) is 11.3. The van der Waals surface area contributed by atoms with E-state index in [-0.39, 0.29) is 29.4 Å². The Hall–Kier alpha value is -1.57. The van der Waals surface area contributed by atoms with E-state index in [0.717, 1.165) is 24.6 Å². The molecule has 1 fully saturated rings. The van der Waals surface area contributed by atoms with Crippen molar-refractivity contribution in [2.75, 3.05) is 12.4 Å². The van der Waals surface area contributed by atoms with Crippen LogP contribution in [0.4, 0.5) is 0 Å². The highest BCUT2D eigenvalue weighted by atomic mass is 32.2. The van der Waals surface area contributed by atoms with E-state index < -0.39 is 5.97 Å². The van der Waals surface area contributed by atoms with E-state index in [9.17, 15) is 9.59 Å². The van der Waals surface area contributed by atoms with E-state index in [1.165, 1.54) is 12.8 Å². The summed E-state index contributed by atoms with van der Waals surface area (Å²) in [5.41, 5.74) is 0. The number of esters is 1. The van der Waals surface area contributed by atoms with Crippen LogP contribution in [0.15, 0.2) is 9.64 Å². The number of thioether (sulfide) groups is 1. The normalized spacial score (nSPS) is 15.2. The molecule has 0 radical (unpaired) electrons. The van der Waals surface area contributed by atoms with Crippen molar-refractivity contribution < 1.29 is 18.7 Å². The molecule has 0 aliphatic heterocycles. The van der Waals surface area contributed by atoms with Crippen molar-refractivity contribution >= 4 is 23.6 Å². The van der Waals surface area contributed by atoms with Gasteiger partial charge in [-0.25, -0.2) is 4.79 Å². The summed E-state index contributed by atoms with van der Waals surface area (Å²) in [6.07, 6.45) is 4.43. The second-order valence-corrected chi connectivity index (χ2v) is 5.36. The van der Waals surface area contributed by atoms with E-state index in [1.54, 1.807) is 6.92 Å². The van der Waals surface area contributed by atoms with E-state index in [4.69, 9.17) is 9.15 Å². The van der Waals surface area contributed by atoms with Crippen molar-refractivity contribution in [1.82, 2.24) is 15.5 Å². The van der Waals surface area contributed by atoms with Crippen molar-refractivity contribution in [3.8, 4) is 0 Å². The van der Waals surface area contributed by atoms with Gasteiger partial charge < -0.3 is 14.5 Å². The number of carbonyl (C=O) groups is 2. The van der Waals surface area contributed by atoms with Gasteiger partial charge in [0, 0.05) is 6.04 Å². The molecule has 1 amide bonds. The van der Waals surface area contributed by atoms with Crippen LogP contribution in [-0.2, 0) is 9.53 Å². The average molecular weight is 299 g/mol. The number of ether oxygens (including phenoxy) is 1. The number of nitrogens with one attached hydrogen (secondary N) is 1. The van der Waals surface area contributed by atoms with Gasteiger partial charge in [0.15, 0.2) is 0 Å². The van der Waals surface area contributed by atoms with Gasteiger partial charge in [0.2, 0.25) is 5.91 Å². The molecule has 1 N–H and O–H groups in total. The zero-order chi connectivity index (χ0) is 14.4. The maximum absolute atomic E-state index is 11.7. The van der Waals surface area contributed by atoms with Crippen LogP contribution in [0.5, 0.6) is 0 Å². The molecule has 0 spiro atoms. The van der Waals surface area contributed by atoms with Gasteiger partial charge in [0.1, 0.15) is 0 Å². The summed E-state index contributed by atoms with van der Waals surface area (Å²) in [6.45, 7) is 1.94. The molecule has 20 heavy (non-hydrogen) atoms. The lowest BCUT2D eigenvalue weighted by Gasteiger charge is -2.10. The lowest BCUT2D eigenvalue weighted by Crippen LogP contribution is -2.33. The average Bonchev–Trinajstić information content (AvgIpc) is 3.07. The Bertz CT molecular complexity index is 471. The van der Waals surface area contributed by atoms with Crippen LogP contribution in [0.2, 0.25) is 0 Å². The highest BCUT2D eigenvalue weighted by molar-refractivity contribution is 7.99. The van der Waals surface area contributed by atoms with Crippen LogP contribution in [0.3, 0.4) is 0 Å². The highest BCUT2D eigenvalue weighted by Gasteiger charge is 2.19. The van der Waals surface area contributed by atoms with Gasteiger partial charge in [-0.15, -0.1) is 5.10 Å². The first-order valence-electron chi connectivity index (χ1n) is 6.62. The second-order valence-electron chi connectivity index (χ2n) is 4.43. The molecule has 1 aliphatic carbocycles. The van der Waals surface area contributed by atoms with E-state index in [0.29, 0.717) is 6.04 Å². The lowest BCUT2D eigenvalue weighted by molar-refractivity contribution is -0.119. The molecule has 0 unspecified atom stereocenters. The third kappa shape index (κ3) is 4.22. The van der Waals surface area contributed by atoms with Crippen molar-refractivity contribution in [3.63, 3.8) is 0 Å². The first kappa shape index (κ1) is 14.8. The summed E-state index contributed by atoms with van der Waals surface area (Å²) < 4.78 is 9.84. The Kier molecular flexibility index (Phi) is 5.40. The molecule has 8 heteroatoms.